The lowest BCUT2D eigenvalue weighted by atomic mass is 9.96. The molecule has 2 aromatic rings. The Morgan fingerprint density at radius 3 is 2.59 bits per heavy atom. The average Bonchev–Trinajstić information content (AvgIpc) is 2.98. The van der Waals surface area contributed by atoms with Gasteiger partial charge >= 0.3 is 0 Å². The summed E-state index contributed by atoms with van der Waals surface area (Å²) in [5.74, 6) is 1.70. The van der Waals surface area contributed by atoms with E-state index in [4.69, 9.17) is 9.47 Å². The molecule has 0 aliphatic carbocycles. The molecule has 2 saturated heterocycles. The molecule has 1 amide bonds. The maximum Gasteiger partial charge on any atom is 0.264 e. The van der Waals surface area contributed by atoms with Crippen molar-refractivity contribution < 1.29 is 14.3 Å². The lowest BCUT2D eigenvalue weighted by Crippen LogP contribution is -2.54. The molecule has 140 valence electrons. The summed E-state index contributed by atoms with van der Waals surface area (Å²) >= 11 is 0. The van der Waals surface area contributed by atoms with Crippen LogP contribution < -0.4 is 9.47 Å². The summed E-state index contributed by atoms with van der Waals surface area (Å²) in [6.07, 6.45) is 7.07. The van der Waals surface area contributed by atoms with Gasteiger partial charge in [-0.05, 0) is 43.4 Å². The van der Waals surface area contributed by atoms with Gasteiger partial charge in [-0.3, -0.25) is 4.79 Å². The SMILES string of the molecule is O=C(C1CCc2ccccc2O1)N1C2CCC1CC(Oc1ccccn1)C2. The Hall–Kier alpha value is -2.56. The molecule has 1 aromatic carbocycles. The van der Waals surface area contributed by atoms with Gasteiger partial charge in [0.1, 0.15) is 11.9 Å². The molecule has 3 unspecified atom stereocenters. The number of piperidine rings is 1. The summed E-state index contributed by atoms with van der Waals surface area (Å²) in [5.41, 5.74) is 1.20. The number of carbonyl (C=O) groups is 1. The van der Waals surface area contributed by atoms with E-state index >= 15 is 0 Å². The largest absolute Gasteiger partial charge is 0.480 e. The number of pyridine rings is 1. The second-order valence-corrected chi connectivity index (χ2v) is 7.76. The number of aryl methyl sites for hydroxylation is 1. The van der Waals surface area contributed by atoms with E-state index in [2.05, 4.69) is 16.0 Å². The zero-order valence-electron chi connectivity index (χ0n) is 15.3. The molecule has 1 aromatic heterocycles. The zero-order valence-corrected chi connectivity index (χ0v) is 15.3. The summed E-state index contributed by atoms with van der Waals surface area (Å²) in [6.45, 7) is 0. The van der Waals surface area contributed by atoms with E-state index < -0.39 is 0 Å². The van der Waals surface area contributed by atoms with Gasteiger partial charge in [-0.1, -0.05) is 24.3 Å². The second-order valence-electron chi connectivity index (χ2n) is 7.76. The summed E-state index contributed by atoms with van der Waals surface area (Å²) in [7, 11) is 0. The first-order valence-corrected chi connectivity index (χ1v) is 9.92. The van der Waals surface area contributed by atoms with Gasteiger partial charge in [0.05, 0.1) is 0 Å². The van der Waals surface area contributed by atoms with Crippen molar-refractivity contribution in [1.29, 1.82) is 0 Å². The van der Waals surface area contributed by atoms with E-state index in [1.54, 1.807) is 6.20 Å². The fraction of sp³-hybridized carbons (Fsp3) is 0.455. The van der Waals surface area contributed by atoms with Gasteiger partial charge in [-0.2, -0.15) is 0 Å². The van der Waals surface area contributed by atoms with Crippen LogP contribution in [-0.2, 0) is 11.2 Å². The van der Waals surface area contributed by atoms with Crippen LogP contribution in [0, 0.1) is 0 Å². The first kappa shape index (κ1) is 16.6. The smallest absolute Gasteiger partial charge is 0.264 e. The fourth-order valence-corrected chi connectivity index (χ4v) is 4.84. The number of rotatable bonds is 3. The van der Waals surface area contributed by atoms with Crippen LogP contribution in [0.2, 0.25) is 0 Å². The van der Waals surface area contributed by atoms with Crippen LogP contribution >= 0.6 is 0 Å². The summed E-state index contributed by atoms with van der Waals surface area (Å²) in [4.78, 5) is 19.6. The number of carbonyl (C=O) groups excluding carboxylic acids is 1. The van der Waals surface area contributed by atoms with Crippen LogP contribution in [0.15, 0.2) is 48.7 Å². The van der Waals surface area contributed by atoms with Crippen molar-refractivity contribution in [3.05, 3.63) is 54.2 Å². The molecule has 0 spiro atoms. The Kier molecular flexibility index (Phi) is 4.23. The van der Waals surface area contributed by atoms with Crippen molar-refractivity contribution in [3.8, 4) is 11.6 Å². The van der Waals surface area contributed by atoms with E-state index in [1.165, 1.54) is 5.56 Å². The highest BCUT2D eigenvalue weighted by atomic mass is 16.5. The van der Waals surface area contributed by atoms with Crippen molar-refractivity contribution in [1.82, 2.24) is 9.88 Å². The topological polar surface area (TPSA) is 51.7 Å². The fourth-order valence-electron chi connectivity index (χ4n) is 4.84. The predicted molar refractivity (Wildman–Crippen MR) is 101 cm³/mol. The maximum atomic E-state index is 13.2. The van der Waals surface area contributed by atoms with Crippen LogP contribution in [0.5, 0.6) is 11.6 Å². The molecule has 5 rings (SSSR count). The summed E-state index contributed by atoms with van der Waals surface area (Å²) < 4.78 is 12.1. The molecular formula is C22H24N2O3. The van der Waals surface area contributed by atoms with Gasteiger partial charge < -0.3 is 14.4 Å². The van der Waals surface area contributed by atoms with E-state index in [9.17, 15) is 4.79 Å². The van der Waals surface area contributed by atoms with Crippen LogP contribution in [0.3, 0.4) is 0 Å². The lowest BCUT2D eigenvalue weighted by Gasteiger charge is -2.40. The maximum absolute atomic E-state index is 13.2. The quantitative estimate of drug-likeness (QED) is 0.838. The van der Waals surface area contributed by atoms with Crippen LogP contribution in [0.1, 0.15) is 37.7 Å². The molecule has 5 nitrogen and oxygen atoms in total. The summed E-state index contributed by atoms with van der Waals surface area (Å²) in [6, 6.07) is 14.3. The Morgan fingerprint density at radius 2 is 1.81 bits per heavy atom. The van der Waals surface area contributed by atoms with E-state index in [1.807, 2.05) is 36.4 Å². The highest BCUT2D eigenvalue weighted by molar-refractivity contribution is 5.82. The second kappa shape index (κ2) is 6.87. The Morgan fingerprint density at radius 1 is 1.04 bits per heavy atom. The van der Waals surface area contributed by atoms with Crippen LogP contribution in [0.4, 0.5) is 0 Å². The molecule has 5 heteroatoms. The number of ether oxygens (including phenoxy) is 2. The van der Waals surface area contributed by atoms with E-state index in [0.29, 0.717) is 5.88 Å². The molecule has 0 N–H and O–H groups in total. The van der Waals surface area contributed by atoms with E-state index in [-0.39, 0.29) is 30.2 Å². The molecule has 0 saturated carbocycles. The van der Waals surface area contributed by atoms with Gasteiger partial charge in [0.25, 0.3) is 5.91 Å². The number of benzene rings is 1. The van der Waals surface area contributed by atoms with Crippen molar-refractivity contribution in [3.63, 3.8) is 0 Å². The van der Waals surface area contributed by atoms with Gasteiger partial charge in [-0.25, -0.2) is 4.98 Å². The average molecular weight is 364 g/mol. The molecular weight excluding hydrogens is 340 g/mol. The monoisotopic (exact) mass is 364 g/mol. The number of fused-ring (bicyclic) bond motifs is 3. The number of aromatic nitrogens is 1. The highest BCUT2D eigenvalue weighted by Crippen LogP contribution is 2.39. The van der Waals surface area contributed by atoms with Crippen LogP contribution in [0.25, 0.3) is 0 Å². The van der Waals surface area contributed by atoms with Crippen molar-refractivity contribution in [2.24, 2.45) is 0 Å². The number of para-hydroxylation sites is 1. The predicted octanol–water partition coefficient (Wildman–Crippen LogP) is 3.38. The molecule has 3 aliphatic rings. The van der Waals surface area contributed by atoms with Crippen LogP contribution in [-0.4, -0.2) is 40.1 Å². The van der Waals surface area contributed by atoms with Crippen molar-refractivity contribution >= 4 is 5.91 Å². The van der Waals surface area contributed by atoms with Gasteiger partial charge in [0, 0.05) is 37.2 Å². The van der Waals surface area contributed by atoms with E-state index in [0.717, 1.165) is 44.3 Å². The number of nitrogens with zero attached hydrogens (tertiary/aromatic N) is 2. The highest BCUT2D eigenvalue weighted by Gasteiger charge is 2.46. The Balaban J connectivity index is 1.26. The third-order valence-corrected chi connectivity index (χ3v) is 6.06. The van der Waals surface area contributed by atoms with Gasteiger partial charge in [0.2, 0.25) is 5.88 Å². The Labute approximate surface area is 159 Å². The number of amides is 1. The minimum atomic E-state index is -0.351. The van der Waals surface area contributed by atoms with Crippen molar-refractivity contribution in [2.75, 3.05) is 0 Å². The van der Waals surface area contributed by atoms with Gasteiger partial charge in [0.15, 0.2) is 6.10 Å². The lowest BCUT2D eigenvalue weighted by molar-refractivity contribution is -0.145. The first-order valence-electron chi connectivity index (χ1n) is 9.92. The molecule has 27 heavy (non-hydrogen) atoms. The summed E-state index contributed by atoms with van der Waals surface area (Å²) in [5, 5.41) is 0. The minimum absolute atomic E-state index is 0.134. The third-order valence-electron chi connectivity index (χ3n) is 6.06. The molecule has 0 radical (unpaired) electrons. The van der Waals surface area contributed by atoms with Gasteiger partial charge in [-0.15, -0.1) is 0 Å². The standard InChI is InChI=1S/C22H24N2O3/c25-22(20-11-8-15-5-1-2-6-19(15)27-20)24-16-9-10-17(24)14-18(13-16)26-21-7-3-4-12-23-21/h1-7,12,16-18,20H,8-11,13-14H2. The normalized spacial score (nSPS) is 29.0. The molecule has 4 heterocycles. The molecule has 2 fully saturated rings. The first-order chi connectivity index (χ1) is 13.3. The zero-order chi connectivity index (χ0) is 18.2. The minimum Gasteiger partial charge on any atom is -0.480 e. The molecule has 3 atom stereocenters. The Bertz CT molecular complexity index is 811. The third kappa shape index (κ3) is 3.15. The van der Waals surface area contributed by atoms with Crippen molar-refractivity contribution in [2.45, 2.75) is 62.8 Å². The number of hydrogen-bond acceptors (Lipinski definition) is 4. The molecule has 2 bridgehead atoms. The number of hydrogen-bond donors (Lipinski definition) is 0. The molecule has 3 aliphatic heterocycles.